The summed E-state index contributed by atoms with van der Waals surface area (Å²) in [7, 11) is 0. The van der Waals surface area contributed by atoms with Gasteiger partial charge in [-0.1, -0.05) is 0 Å². The Balaban J connectivity index is -0.00000000500. The summed E-state index contributed by atoms with van der Waals surface area (Å²) in [6.07, 6.45) is 0. The average molecular weight is 191 g/mol. The van der Waals surface area contributed by atoms with Gasteiger partial charge in [-0.25, -0.2) is 0 Å². The topological polar surface area (TPSA) is 0 Å². The molecule has 0 fully saturated rings. The predicted molar refractivity (Wildman–Crippen MR) is 14.7 cm³/mol. The van der Waals surface area contributed by atoms with Gasteiger partial charge in [0, 0.05) is 34.1 Å². The third-order valence-corrected chi connectivity index (χ3v) is 0. The molecule has 0 aromatic rings. The minimum Gasteiger partial charge on any atom is -1.00 e. The second-order valence-electron chi connectivity index (χ2n) is 0. The second kappa shape index (κ2) is 21.9. The van der Waals surface area contributed by atoms with E-state index in [4.69, 9.17) is 0 Å². The monoisotopic (exact) mass is 190 g/mol. The van der Waals surface area contributed by atoms with Crippen molar-refractivity contribution in [3.05, 3.63) is 0 Å². The molecule has 0 aliphatic heterocycles. The van der Waals surface area contributed by atoms with Crippen LogP contribution in [0.4, 0.5) is 0 Å². The van der Waals surface area contributed by atoms with E-state index in [1.165, 1.54) is 0 Å². The maximum absolute atomic E-state index is 3.67. The number of hydrogen-bond acceptors (Lipinski definition) is 2. The van der Waals surface area contributed by atoms with Crippen molar-refractivity contribution < 1.29 is 34.1 Å². The molecule has 0 heterocycles. The van der Waals surface area contributed by atoms with Gasteiger partial charge in [0.15, 0.2) is 0 Å². The van der Waals surface area contributed by atoms with E-state index in [0.29, 0.717) is 0 Å². The molecule has 0 saturated carbocycles. The molecule has 0 nitrogen and oxygen atoms in total. The van der Waals surface area contributed by atoms with Gasteiger partial charge in [-0.3, -0.25) is 0 Å². The second-order valence-corrected chi connectivity index (χ2v) is 0. The minimum atomic E-state index is 0. The maximum Gasteiger partial charge on any atom is 0 e. The molecule has 0 bridgehead atoms. The van der Waals surface area contributed by atoms with Crippen LogP contribution in [-0.4, -0.2) is 0 Å². The summed E-state index contributed by atoms with van der Waals surface area (Å²) in [6.45, 7) is 0. The molecule has 0 aliphatic rings. The van der Waals surface area contributed by atoms with Gasteiger partial charge in [0.1, 0.15) is 0 Å². The van der Waals surface area contributed by atoms with Crippen molar-refractivity contribution in [2.24, 2.45) is 0 Å². The van der Waals surface area contributed by atoms with Gasteiger partial charge in [0.05, 0.1) is 0 Å². The largest absolute Gasteiger partial charge is 1.00 e. The summed E-state index contributed by atoms with van der Waals surface area (Å²) in [4.78, 5) is 0. The summed E-state index contributed by atoms with van der Waals surface area (Å²) in [5.74, 6) is 0. The van der Waals surface area contributed by atoms with Crippen LogP contribution in [0.15, 0.2) is 0 Å². The van der Waals surface area contributed by atoms with E-state index in [-0.39, 0.29) is 34.1 Å². The smallest absolute Gasteiger partial charge is 0 e. The quantitative estimate of drug-likeness (QED) is 0.300. The van der Waals surface area contributed by atoms with E-state index in [9.17, 15) is 0 Å². The van der Waals surface area contributed by atoms with Gasteiger partial charge >= 0.3 is 0 Å². The molecular weight excluding hydrogens is 191 g/mol. The van der Waals surface area contributed by atoms with Crippen LogP contribution < -0.4 is 0 Å². The first-order chi connectivity index (χ1) is 1.00. The fourth-order valence-corrected chi connectivity index (χ4v) is 0. The molecule has 0 aromatic heterocycles. The standard InChI is InChI=1S/2Cu.S2/c;;1-2/q;;-2. The van der Waals surface area contributed by atoms with E-state index in [1.807, 2.05) is 0 Å². The maximum atomic E-state index is 3.67. The van der Waals surface area contributed by atoms with Crippen LogP contribution in [-0.2, 0) is 57.5 Å². The summed E-state index contributed by atoms with van der Waals surface area (Å²) in [5.41, 5.74) is 0. The van der Waals surface area contributed by atoms with E-state index >= 15 is 0 Å². The molecule has 0 aromatic carbocycles. The Morgan fingerprint density at radius 2 is 0.750 bits per heavy atom. The Bertz CT molecular complexity index is 4.00. The molecule has 4 heteroatoms. The summed E-state index contributed by atoms with van der Waals surface area (Å²) < 4.78 is 0. The van der Waals surface area contributed by atoms with Crippen LogP contribution in [0.25, 0.3) is 0 Å². The zero-order valence-corrected chi connectivity index (χ0v) is 4.94. The van der Waals surface area contributed by atoms with Gasteiger partial charge in [-0.2, -0.15) is 0 Å². The molecule has 0 amide bonds. The molecule has 4 heavy (non-hydrogen) atoms. The molecule has 0 atom stereocenters. The van der Waals surface area contributed by atoms with Crippen molar-refractivity contribution in [3.8, 4) is 0 Å². The van der Waals surface area contributed by atoms with Crippen LogP contribution in [0.2, 0.25) is 0 Å². The van der Waals surface area contributed by atoms with Crippen LogP contribution in [0.3, 0.4) is 0 Å². The van der Waals surface area contributed by atoms with Gasteiger partial charge in [0.2, 0.25) is 0 Å². The molecule has 0 N–H and O–H groups in total. The fourth-order valence-electron chi connectivity index (χ4n) is 0. The van der Waals surface area contributed by atoms with E-state index in [1.54, 1.807) is 0 Å². The Hall–Kier alpha value is 1.74. The summed E-state index contributed by atoms with van der Waals surface area (Å²) in [6, 6.07) is 0. The first-order valence-electron chi connectivity index (χ1n) is 0.167. The molecular formula is Cu2S2-2. The Morgan fingerprint density at radius 3 is 0.750 bits per heavy atom. The first-order valence-corrected chi connectivity index (χ1v) is 1.50. The number of rotatable bonds is 0. The molecule has 0 aliphatic carbocycles. The third-order valence-electron chi connectivity index (χ3n) is 0. The molecule has 0 unspecified atom stereocenters. The van der Waals surface area contributed by atoms with Crippen molar-refractivity contribution in [3.63, 3.8) is 0 Å². The zero-order chi connectivity index (χ0) is 2.00. The van der Waals surface area contributed by atoms with Crippen LogP contribution >= 0.6 is 0 Å². The minimum absolute atomic E-state index is 0. The van der Waals surface area contributed by atoms with Crippen LogP contribution in [0.5, 0.6) is 0 Å². The molecule has 0 rings (SSSR count). The molecule has 36 valence electrons. The van der Waals surface area contributed by atoms with Gasteiger partial charge in [0.25, 0.3) is 0 Å². The van der Waals surface area contributed by atoms with E-state index < -0.39 is 0 Å². The van der Waals surface area contributed by atoms with Crippen molar-refractivity contribution in [1.29, 1.82) is 0 Å². The van der Waals surface area contributed by atoms with Gasteiger partial charge < -0.3 is 23.3 Å². The zero-order valence-electron chi connectivity index (χ0n) is 1.42. The van der Waals surface area contributed by atoms with Crippen molar-refractivity contribution in [2.45, 2.75) is 0 Å². The summed E-state index contributed by atoms with van der Waals surface area (Å²) in [5, 5.41) is 0. The Morgan fingerprint density at radius 1 is 0.750 bits per heavy atom. The number of hydrogen-bond donors (Lipinski definition) is 0. The average Bonchev–Trinajstić information content (AvgIpc) is 1.00. The molecule has 2 radical (unpaired) electrons. The summed E-state index contributed by atoms with van der Waals surface area (Å²) >= 11 is 7.33. The van der Waals surface area contributed by atoms with E-state index in [0.717, 1.165) is 0 Å². The predicted octanol–water partition coefficient (Wildman–Crippen LogP) is -0.00980. The normalized spacial score (nSPS) is 1.50. The third kappa shape index (κ3) is 9.28. The van der Waals surface area contributed by atoms with Crippen molar-refractivity contribution in [1.82, 2.24) is 0 Å². The SMILES string of the molecule is [Cu].[Cu].[S-][S-]. The van der Waals surface area contributed by atoms with Crippen LogP contribution in [0.1, 0.15) is 0 Å². The first kappa shape index (κ1) is 17.2. The Labute approximate surface area is 57.3 Å². The Kier molecular flexibility index (Phi) is 94.1. The van der Waals surface area contributed by atoms with Crippen molar-refractivity contribution >= 4 is 23.3 Å². The van der Waals surface area contributed by atoms with Crippen LogP contribution in [0, 0.1) is 0 Å². The van der Waals surface area contributed by atoms with Crippen molar-refractivity contribution in [2.75, 3.05) is 0 Å². The fraction of sp³-hybridized carbons (Fsp3) is 0. The molecule has 0 saturated heterocycles. The molecule has 0 spiro atoms. The van der Waals surface area contributed by atoms with Gasteiger partial charge in [-0.05, 0) is 0 Å². The van der Waals surface area contributed by atoms with Gasteiger partial charge in [-0.15, -0.1) is 0 Å². The van der Waals surface area contributed by atoms with E-state index in [2.05, 4.69) is 23.3 Å².